The Hall–Kier alpha value is -3.27. The molecular weight excluding hydrogens is 398 g/mol. The van der Waals surface area contributed by atoms with Crippen LogP contribution in [-0.4, -0.2) is 36.4 Å². The molecule has 154 valence electrons. The number of hydrogen-bond acceptors (Lipinski definition) is 7. The molecule has 10 heteroatoms. The number of thiophene rings is 1. The van der Waals surface area contributed by atoms with Gasteiger partial charge in [0.25, 0.3) is 17.5 Å². The number of esters is 1. The average Bonchev–Trinajstić information content (AvgIpc) is 3.03. The number of methoxy groups -OCH3 is 1. The Labute approximate surface area is 171 Å². The molecule has 1 aromatic carbocycles. The fourth-order valence-corrected chi connectivity index (χ4v) is 3.67. The second-order valence-electron chi connectivity index (χ2n) is 6.12. The minimum atomic E-state index is -0.694. The van der Waals surface area contributed by atoms with E-state index in [0.29, 0.717) is 12.1 Å². The predicted molar refractivity (Wildman–Crippen MR) is 109 cm³/mol. The average molecular weight is 419 g/mol. The molecule has 2 aromatic rings. The Morgan fingerprint density at radius 3 is 2.59 bits per heavy atom. The highest BCUT2D eigenvalue weighted by molar-refractivity contribution is 7.18. The third kappa shape index (κ3) is 5.17. The summed E-state index contributed by atoms with van der Waals surface area (Å²) in [6.45, 7) is 4.09. The molecule has 29 heavy (non-hydrogen) atoms. The largest absolute Gasteiger partial charge is 0.465 e. The topological polar surface area (TPSA) is 128 Å². The summed E-state index contributed by atoms with van der Waals surface area (Å²) in [6.07, 6.45) is 1.73. The van der Waals surface area contributed by atoms with Crippen molar-refractivity contribution in [2.24, 2.45) is 0 Å². The van der Waals surface area contributed by atoms with Crippen LogP contribution in [0.4, 0.5) is 10.7 Å². The van der Waals surface area contributed by atoms with Gasteiger partial charge in [-0.3, -0.25) is 19.7 Å². The number of nitrogens with zero attached hydrogens (tertiary/aromatic N) is 1. The van der Waals surface area contributed by atoms with Crippen LogP contribution in [0, 0.1) is 17.0 Å². The lowest BCUT2D eigenvalue weighted by Crippen LogP contribution is -2.24. The first-order valence-corrected chi connectivity index (χ1v) is 9.67. The van der Waals surface area contributed by atoms with Crippen LogP contribution in [0.2, 0.25) is 0 Å². The molecule has 0 saturated carbocycles. The van der Waals surface area contributed by atoms with E-state index in [1.165, 1.54) is 25.3 Å². The van der Waals surface area contributed by atoms with E-state index in [4.69, 9.17) is 4.74 Å². The fraction of sp³-hybridized carbons (Fsp3) is 0.316. The van der Waals surface area contributed by atoms with E-state index in [1.807, 2.05) is 6.92 Å². The molecule has 0 spiro atoms. The van der Waals surface area contributed by atoms with Gasteiger partial charge in [-0.2, -0.15) is 0 Å². The van der Waals surface area contributed by atoms with Crippen molar-refractivity contribution >= 4 is 39.8 Å². The van der Waals surface area contributed by atoms with Crippen molar-refractivity contribution in [3.8, 4) is 0 Å². The summed E-state index contributed by atoms with van der Waals surface area (Å²) in [4.78, 5) is 47.8. The number of hydrogen-bond donors (Lipinski definition) is 2. The minimum absolute atomic E-state index is 0.0509. The van der Waals surface area contributed by atoms with Crippen molar-refractivity contribution in [2.45, 2.75) is 26.7 Å². The molecule has 1 aromatic heterocycles. The Balaban J connectivity index is 2.35. The van der Waals surface area contributed by atoms with Crippen molar-refractivity contribution < 1.29 is 24.0 Å². The Bertz CT molecular complexity index is 953. The molecule has 2 N–H and O–H groups in total. The number of carbonyl (C=O) groups excluding carboxylic acids is 3. The molecule has 0 unspecified atom stereocenters. The zero-order valence-corrected chi connectivity index (χ0v) is 17.1. The Morgan fingerprint density at radius 1 is 1.24 bits per heavy atom. The fourth-order valence-electron chi connectivity index (χ4n) is 2.56. The summed E-state index contributed by atoms with van der Waals surface area (Å²) in [5, 5.41) is 16.4. The van der Waals surface area contributed by atoms with Crippen molar-refractivity contribution in [1.29, 1.82) is 0 Å². The summed E-state index contributed by atoms with van der Waals surface area (Å²) in [7, 11) is 1.20. The van der Waals surface area contributed by atoms with Crippen LogP contribution in [0.3, 0.4) is 0 Å². The number of anilines is 1. The van der Waals surface area contributed by atoms with Crippen LogP contribution >= 0.6 is 11.3 Å². The number of ether oxygens (including phenoxy) is 1. The van der Waals surface area contributed by atoms with E-state index >= 15 is 0 Å². The standard InChI is InChI=1S/C19H21N3O6S/c1-4-5-9-20-17(24)15-11(2)14(19(25)28-3)18(29-15)21-16(23)12-7-6-8-13(10-12)22(26)27/h6-8,10H,4-5,9H2,1-3H3,(H,20,24)(H,21,23). The first kappa shape index (κ1) is 22.0. The van der Waals surface area contributed by atoms with Gasteiger partial charge < -0.3 is 15.4 Å². The van der Waals surface area contributed by atoms with Crippen LogP contribution < -0.4 is 10.6 Å². The van der Waals surface area contributed by atoms with Crippen LogP contribution in [0.15, 0.2) is 24.3 Å². The third-order valence-corrected chi connectivity index (χ3v) is 5.31. The number of nitro groups is 1. The van der Waals surface area contributed by atoms with Gasteiger partial charge in [0.1, 0.15) is 5.00 Å². The highest BCUT2D eigenvalue weighted by Gasteiger charge is 2.26. The van der Waals surface area contributed by atoms with Gasteiger partial charge in [0.15, 0.2) is 0 Å². The monoisotopic (exact) mass is 419 g/mol. The maximum Gasteiger partial charge on any atom is 0.341 e. The molecule has 2 amide bonds. The number of nitro benzene ring substituents is 1. The number of amides is 2. The predicted octanol–water partition coefficient (Wildman–Crippen LogP) is 3.53. The smallest absolute Gasteiger partial charge is 0.341 e. The lowest BCUT2D eigenvalue weighted by atomic mass is 10.1. The molecule has 1 heterocycles. The van der Waals surface area contributed by atoms with Gasteiger partial charge in [-0.25, -0.2) is 4.79 Å². The SMILES string of the molecule is CCCCNC(=O)c1sc(NC(=O)c2cccc([N+](=O)[O-])c2)c(C(=O)OC)c1C. The molecule has 2 rings (SSSR count). The minimum Gasteiger partial charge on any atom is -0.465 e. The lowest BCUT2D eigenvalue weighted by molar-refractivity contribution is -0.384. The van der Waals surface area contributed by atoms with Gasteiger partial charge in [-0.1, -0.05) is 19.4 Å². The second kappa shape index (κ2) is 9.78. The number of benzene rings is 1. The van der Waals surface area contributed by atoms with Crippen LogP contribution in [-0.2, 0) is 4.74 Å². The molecule has 0 bridgehead atoms. The lowest BCUT2D eigenvalue weighted by Gasteiger charge is -2.06. The third-order valence-electron chi connectivity index (χ3n) is 4.10. The summed E-state index contributed by atoms with van der Waals surface area (Å²) in [5.74, 6) is -1.68. The van der Waals surface area contributed by atoms with Crippen LogP contribution in [0.25, 0.3) is 0 Å². The van der Waals surface area contributed by atoms with Gasteiger partial charge in [0.2, 0.25) is 0 Å². The quantitative estimate of drug-likeness (QED) is 0.292. The Morgan fingerprint density at radius 2 is 1.97 bits per heavy atom. The summed E-state index contributed by atoms with van der Waals surface area (Å²) in [5.41, 5.74) is 0.293. The normalized spacial score (nSPS) is 10.3. The first-order valence-electron chi connectivity index (χ1n) is 8.85. The number of carbonyl (C=O) groups is 3. The van der Waals surface area contributed by atoms with E-state index in [1.54, 1.807) is 6.92 Å². The number of unbranched alkanes of at least 4 members (excludes halogenated alkanes) is 1. The highest BCUT2D eigenvalue weighted by Crippen LogP contribution is 2.34. The molecule has 0 aliphatic heterocycles. The molecule has 0 aliphatic rings. The van der Waals surface area contributed by atoms with E-state index in [2.05, 4.69) is 10.6 Å². The van der Waals surface area contributed by atoms with Crippen molar-refractivity contribution in [2.75, 3.05) is 19.0 Å². The number of non-ortho nitro benzene ring substituents is 1. The molecular formula is C19H21N3O6S. The van der Waals surface area contributed by atoms with Crippen molar-refractivity contribution in [3.05, 3.63) is 55.9 Å². The molecule has 9 nitrogen and oxygen atoms in total. The van der Waals surface area contributed by atoms with E-state index in [9.17, 15) is 24.5 Å². The highest BCUT2D eigenvalue weighted by atomic mass is 32.1. The molecule has 0 fully saturated rings. The maximum atomic E-state index is 12.6. The maximum absolute atomic E-state index is 12.6. The summed E-state index contributed by atoms with van der Waals surface area (Å²) >= 11 is 0.951. The zero-order valence-electron chi connectivity index (χ0n) is 16.2. The van der Waals surface area contributed by atoms with Gasteiger partial charge in [-0.05, 0) is 25.0 Å². The van der Waals surface area contributed by atoms with Gasteiger partial charge in [0.05, 0.1) is 22.5 Å². The first-order chi connectivity index (χ1) is 13.8. The van der Waals surface area contributed by atoms with Gasteiger partial charge in [0, 0.05) is 24.2 Å². The van der Waals surface area contributed by atoms with E-state index < -0.39 is 16.8 Å². The van der Waals surface area contributed by atoms with Crippen LogP contribution in [0.5, 0.6) is 0 Å². The van der Waals surface area contributed by atoms with Gasteiger partial charge in [-0.15, -0.1) is 11.3 Å². The van der Waals surface area contributed by atoms with E-state index in [-0.39, 0.29) is 32.6 Å². The summed E-state index contributed by atoms with van der Waals surface area (Å²) in [6, 6.07) is 5.20. The molecule has 0 saturated heterocycles. The van der Waals surface area contributed by atoms with Crippen molar-refractivity contribution in [3.63, 3.8) is 0 Å². The zero-order chi connectivity index (χ0) is 21.6. The second-order valence-corrected chi connectivity index (χ2v) is 7.14. The molecule has 0 aliphatic carbocycles. The number of rotatable bonds is 8. The van der Waals surface area contributed by atoms with Crippen molar-refractivity contribution in [1.82, 2.24) is 5.32 Å². The Kier molecular flexibility index (Phi) is 7.43. The number of nitrogens with one attached hydrogen (secondary N) is 2. The molecule has 0 atom stereocenters. The molecule has 0 radical (unpaired) electrons. The van der Waals surface area contributed by atoms with E-state index in [0.717, 1.165) is 30.2 Å². The van der Waals surface area contributed by atoms with Gasteiger partial charge >= 0.3 is 5.97 Å². The summed E-state index contributed by atoms with van der Waals surface area (Å²) < 4.78 is 4.78. The van der Waals surface area contributed by atoms with Crippen LogP contribution in [0.1, 0.15) is 55.7 Å².